The number of carbonyl (C=O) groups is 1. The lowest BCUT2D eigenvalue weighted by Gasteiger charge is -2.09. The molecule has 1 unspecified atom stereocenters. The maximum Gasteiger partial charge on any atom is 0.220 e. The Kier molecular flexibility index (Phi) is 7.19. The fraction of sp³-hybridized carbons (Fsp3) is 0.500. The normalized spacial score (nSPS) is 11.5. The summed E-state index contributed by atoms with van der Waals surface area (Å²) in [5.41, 5.74) is 5.32. The molecule has 0 bridgehead atoms. The molecule has 0 saturated heterocycles. The number of nitrogens with one attached hydrogen (secondary N) is 1. The molecular formula is C14H20N2O2S. The smallest absolute Gasteiger partial charge is 0.220 e. The van der Waals surface area contributed by atoms with E-state index in [1.165, 1.54) is 0 Å². The largest absolute Gasteiger partial charge is 0.384 e. The van der Waals surface area contributed by atoms with Crippen LogP contribution in [0, 0.1) is 17.8 Å². The monoisotopic (exact) mass is 280 g/mol. The summed E-state index contributed by atoms with van der Waals surface area (Å²) in [6.45, 7) is 3.51. The van der Waals surface area contributed by atoms with Crippen LogP contribution in [-0.2, 0) is 16.1 Å². The zero-order valence-corrected chi connectivity index (χ0v) is 12.2. The Morgan fingerprint density at radius 2 is 2.37 bits per heavy atom. The summed E-state index contributed by atoms with van der Waals surface area (Å²) in [5, 5.41) is 2.90. The first-order valence-corrected chi connectivity index (χ1v) is 7.00. The van der Waals surface area contributed by atoms with Crippen molar-refractivity contribution in [2.75, 3.05) is 20.3 Å². The number of amides is 1. The number of carbonyl (C=O) groups excluding carboxylic acids is 1. The summed E-state index contributed by atoms with van der Waals surface area (Å²) in [6, 6.07) is 3.92. The first kappa shape index (κ1) is 15.7. The third kappa shape index (κ3) is 6.39. The number of hydrogen-bond acceptors (Lipinski definition) is 4. The molecule has 0 aliphatic heterocycles. The van der Waals surface area contributed by atoms with Crippen LogP contribution in [0.25, 0.3) is 0 Å². The van der Waals surface area contributed by atoms with E-state index >= 15 is 0 Å². The van der Waals surface area contributed by atoms with Gasteiger partial charge in [0.25, 0.3) is 0 Å². The first-order chi connectivity index (χ1) is 9.15. The van der Waals surface area contributed by atoms with E-state index in [9.17, 15) is 4.79 Å². The van der Waals surface area contributed by atoms with Crippen LogP contribution in [0.2, 0.25) is 0 Å². The minimum atomic E-state index is 0.0487. The van der Waals surface area contributed by atoms with Crippen molar-refractivity contribution in [3.05, 3.63) is 21.9 Å². The predicted octanol–water partition coefficient (Wildman–Crippen LogP) is 1.35. The van der Waals surface area contributed by atoms with Crippen molar-refractivity contribution in [3.8, 4) is 11.8 Å². The van der Waals surface area contributed by atoms with Gasteiger partial charge in [-0.3, -0.25) is 4.79 Å². The SMILES string of the molecule is COCC(C)CC(=O)NCc1ccc(C#CCN)s1. The molecule has 0 spiro atoms. The van der Waals surface area contributed by atoms with Crippen LogP contribution in [0.15, 0.2) is 12.1 Å². The van der Waals surface area contributed by atoms with Crippen molar-refractivity contribution in [2.24, 2.45) is 11.7 Å². The van der Waals surface area contributed by atoms with Gasteiger partial charge in [-0.15, -0.1) is 11.3 Å². The number of ether oxygens (including phenoxy) is 1. The van der Waals surface area contributed by atoms with Gasteiger partial charge in [0.2, 0.25) is 5.91 Å². The standard InChI is InChI=1S/C14H20N2O2S/c1-11(10-18-2)8-14(17)16-9-13-6-5-12(19-13)4-3-7-15/h5-6,11H,7-10,15H2,1-2H3,(H,16,17). The molecule has 1 atom stereocenters. The van der Waals surface area contributed by atoms with E-state index in [-0.39, 0.29) is 11.8 Å². The van der Waals surface area contributed by atoms with Crippen LogP contribution < -0.4 is 11.1 Å². The highest BCUT2D eigenvalue weighted by Crippen LogP contribution is 2.15. The van der Waals surface area contributed by atoms with E-state index in [1.54, 1.807) is 18.4 Å². The van der Waals surface area contributed by atoms with Gasteiger partial charge in [0.05, 0.1) is 18.0 Å². The molecule has 3 N–H and O–H groups in total. The minimum Gasteiger partial charge on any atom is -0.384 e. The van der Waals surface area contributed by atoms with Crippen molar-refractivity contribution in [1.82, 2.24) is 5.32 Å². The molecule has 0 aliphatic rings. The molecule has 1 aromatic heterocycles. The van der Waals surface area contributed by atoms with Crippen molar-refractivity contribution in [2.45, 2.75) is 19.9 Å². The molecule has 1 heterocycles. The van der Waals surface area contributed by atoms with Gasteiger partial charge in [-0.25, -0.2) is 0 Å². The van der Waals surface area contributed by atoms with Crippen LogP contribution in [0.3, 0.4) is 0 Å². The van der Waals surface area contributed by atoms with Gasteiger partial charge in [-0.1, -0.05) is 18.8 Å². The highest BCUT2D eigenvalue weighted by Gasteiger charge is 2.08. The quantitative estimate of drug-likeness (QED) is 0.773. The van der Waals surface area contributed by atoms with Crippen LogP contribution in [0.4, 0.5) is 0 Å². The topological polar surface area (TPSA) is 64.3 Å². The molecule has 1 aromatic rings. The van der Waals surface area contributed by atoms with Crippen molar-refractivity contribution < 1.29 is 9.53 Å². The second-order valence-electron chi connectivity index (χ2n) is 4.31. The third-order valence-corrected chi connectivity index (χ3v) is 3.42. The zero-order valence-electron chi connectivity index (χ0n) is 11.4. The van der Waals surface area contributed by atoms with E-state index in [0.717, 1.165) is 9.75 Å². The van der Waals surface area contributed by atoms with Gasteiger partial charge in [0.1, 0.15) is 0 Å². The molecule has 19 heavy (non-hydrogen) atoms. The van der Waals surface area contributed by atoms with E-state index in [2.05, 4.69) is 17.2 Å². The molecule has 104 valence electrons. The average molecular weight is 280 g/mol. The van der Waals surface area contributed by atoms with Crippen molar-refractivity contribution >= 4 is 17.2 Å². The fourth-order valence-electron chi connectivity index (χ4n) is 1.60. The van der Waals surface area contributed by atoms with Crippen molar-refractivity contribution in [3.63, 3.8) is 0 Å². The maximum absolute atomic E-state index is 11.7. The van der Waals surface area contributed by atoms with E-state index in [4.69, 9.17) is 10.5 Å². The molecular weight excluding hydrogens is 260 g/mol. The summed E-state index contributed by atoms with van der Waals surface area (Å²) in [7, 11) is 1.64. The molecule has 4 nitrogen and oxygen atoms in total. The molecule has 1 amide bonds. The third-order valence-electron chi connectivity index (χ3n) is 2.42. The highest BCUT2D eigenvalue weighted by molar-refractivity contribution is 7.12. The second kappa shape index (κ2) is 8.70. The van der Waals surface area contributed by atoms with Crippen LogP contribution in [0.5, 0.6) is 0 Å². The number of thiophene rings is 1. The maximum atomic E-state index is 11.7. The molecule has 0 saturated carbocycles. The lowest BCUT2D eigenvalue weighted by Crippen LogP contribution is -2.25. The Morgan fingerprint density at radius 3 is 3.05 bits per heavy atom. The Morgan fingerprint density at radius 1 is 1.58 bits per heavy atom. The molecule has 1 rings (SSSR count). The van der Waals surface area contributed by atoms with Gasteiger partial charge in [0.15, 0.2) is 0 Å². The first-order valence-electron chi connectivity index (χ1n) is 6.19. The molecule has 0 fully saturated rings. The Hall–Kier alpha value is -1.35. The van der Waals surface area contributed by atoms with Crippen LogP contribution in [0.1, 0.15) is 23.1 Å². The average Bonchev–Trinajstić information content (AvgIpc) is 2.82. The van der Waals surface area contributed by atoms with Crippen LogP contribution >= 0.6 is 11.3 Å². The number of methoxy groups -OCH3 is 1. The Bertz CT molecular complexity index is 460. The van der Waals surface area contributed by atoms with Gasteiger partial charge in [-0.2, -0.15) is 0 Å². The highest BCUT2D eigenvalue weighted by atomic mass is 32.1. The Labute approximate surface area is 118 Å². The minimum absolute atomic E-state index is 0.0487. The number of nitrogens with two attached hydrogens (primary N) is 1. The second-order valence-corrected chi connectivity index (χ2v) is 5.48. The molecule has 0 aromatic carbocycles. The van der Waals surface area contributed by atoms with E-state index in [0.29, 0.717) is 26.1 Å². The van der Waals surface area contributed by atoms with Gasteiger partial charge >= 0.3 is 0 Å². The summed E-state index contributed by atoms with van der Waals surface area (Å²) in [6.07, 6.45) is 0.485. The molecule has 0 aliphatic carbocycles. The number of rotatable bonds is 6. The lowest BCUT2D eigenvalue weighted by molar-refractivity contribution is -0.122. The lowest BCUT2D eigenvalue weighted by atomic mass is 10.1. The molecule has 5 heteroatoms. The van der Waals surface area contributed by atoms with Gasteiger partial charge in [0, 0.05) is 25.0 Å². The summed E-state index contributed by atoms with van der Waals surface area (Å²) >= 11 is 1.58. The fourth-order valence-corrected chi connectivity index (χ4v) is 2.42. The summed E-state index contributed by atoms with van der Waals surface area (Å²) in [4.78, 5) is 13.7. The Balaban J connectivity index is 2.36. The van der Waals surface area contributed by atoms with Gasteiger partial charge in [-0.05, 0) is 18.1 Å². The number of hydrogen-bond donors (Lipinski definition) is 2. The summed E-state index contributed by atoms with van der Waals surface area (Å²) < 4.78 is 5.00. The predicted molar refractivity (Wildman–Crippen MR) is 77.8 cm³/mol. The molecule has 0 radical (unpaired) electrons. The van der Waals surface area contributed by atoms with E-state index < -0.39 is 0 Å². The van der Waals surface area contributed by atoms with Crippen LogP contribution in [-0.4, -0.2) is 26.2 Å². The zero-order chi connectivity index (χ0) is 14.1. The van der Waals surface area contributed by atoms with Crippen molar-refractivity contribution in [1.29, 1.82) is 0 Å². The van der Waals surface area contributed by atoms with E-state index in [1.807, 2.05) is 19.1 Å². The summed E-state index contributed by atoms with van der Waals surface area (Å²) in [5.74, 6) is 6.07. The van der Waals surface area contributed by atoms with Gasteiger partial charge < -0.3 is 15.8 Å².